The van der Waals surface area contributed by atoms with Crippen LogP contribution in [-0.2, 0) is 4.74 Å². The van der Waals surface area contributed by atoms with Crippen LogP contribution in [0.3, 0.4) is 0 Å². The van der Waals surface area contributed by atoms with Gasteiger partial charge in [0.15, 0.2) is 0 Å². The van der Waals surface area contributed by atoms with Gasteiger partial charge >= 0.3 is 5.97 Å². The number of carbonyl (C=O) groups is 1. The van der Waals surface area contributed by atoms with E-state index >= 15 is 0 Å². The lowest BCUT2D eigenvalue weighted by atomic mass is 9.92. The Labute approximate surface area is 166 Å². The number of carbonyl (C=O) groups excluding carboxylic acids is 1. The van der Waals surface area contributed by atoms with Crippen molar-refractivity contribution in [3.63, 3.8) is 0 Å². The Bertz CT molecular complexity index is 884. The highest BCUT2D eigenvalue weighted by molar-refractivity contribution is 9.10. The lowest BCUT2D eigenvalue weighted by Gasteiger charge is -2.24. The Balaban J connectivity index is 1.64. The molecule has 2 aromatic carbocycles. The summed E-state index contributed by atoms with van der Waals surface area (Å²) in [5.41, 5.74) is 4.03. The van der Waals surface area contributed by atoms with Crippen LogP contribution in [0.5, 0.6) is 0 Å². The minimum Gasteiger partial charge on any atom is -0.465 e. The normalized spacial score (nSPS) is 23.4. The number of halogens is 1. The second-order valence-corrected chi connectivity index (χ2v) is 7.80. The van der Waals surface area contributed by atoms with Gasteiger partial charge in [-0.2, -0.15) is 5.11 Å². The molecule has 0 fully saturated rings. The second-order valence-electron chi connectivity index (χ2n) is 6.88. The molecule has 1 N–H and O–H groups in total. The van der Waals surface area contributed by atoms with Gasteiger partial charge in [0.1, 0.15) is 0 Å². The van der Waals surface area contributed by atoms with E-state index in [-0.39, 0.29) is 24.1 Å². The molecule has 0 radical (unpaired) electrons. The van der Waals surface area contributed by atoms with E-state index in [4.69, 9.17) is 4.74 Å². The Morgan fingerprint density at radius 1 is 1.22 bits per heavy atom. The van der Waals surface area contributed by atoms with Gasteiger partial charge in [0.25, 0.3) is 0 Å². The van der Waals surface area contributed by atoms with Gasteiger partial charge in [-0.05, 0) is 60.9 Å². The van der Waals surface area contributed by atoms with Crippen molar-refractivity contribution in [2.45, 2.75) is 31.5 Å². The average Bonchev–Trinajstić information content (AvgIpc) is 2.97. The van der Waals surface area contributed by atoms with Gasteiger partial charge in [-0.1, -0.05) is 27.2 Å². The predicted octanol–water partition coefficient (Wildman–Crippen LogP) is 4.91. The lowest BCUT2D eigenvalue weighted by molar-refractivity contribution is 0.0601. The number of esters is 1. The van der Waals surface area contributed by atoms with E-state index < -0.39 is 0 Å². The van der Waals surface area contributed by atoms with Gasteiger partial charge in [0, 0.05) is 16.7 Å². The van der Waals surface area contributed by atoms with Crippen molar-refractivity contribution in [2.24, 2.45) is 10.3 Å². The first-order valence-corrected chi connectivity index (χ1v) is 9.78. The van der Waals surface area contributed by atoms with E-state index in [1.165, 1.54) is 18.2 Å². The molecule has 6 nitrogen and oxygen atoms in total. The van der Waals surface area contributed by atoms with Crippen LogP contribution in [0.2, 0.25) is 0 Å². The highest BCUT2D eigenvalue weighted by atomic mass is 79.9. The topological polar surface area (TPSA) is 66.3 Å². The molecule has 7 heteroatoms. The van der Waals surface area contributed by atoms with Gasteiger partial charge in [-0.25, -0.2) is 4.79 Å². The van der Waals surface area contributed by atoms with Crippen LogP contribution >= 0.6 is 15.9 Å². The number of nitrogens with one attached hydrogen (secondary N) is 1. The van der Waals surface area contributed by atoms with Gasteiger partial charge in [-0.15, -0.1) is 0 Å². The predicted molar refractivity (Wildman–Crippen MR) is 107 cm³/mol. The Hall–Kier alpha value is -2.41. The molecule has 4 rings (SSSR count). The first-order chi connectivity index (χ1) is 13.1. The van der Waals surface area contributed by atoms with E-state index in [2.05, 4.69) is 61.7 Å². The fourth-order valence-corrected chi connectivity index (χ4v) is 4.20. The number of anilines is 1. The summed E-state index contributed by atoms with van der Waals surface area (Å²) in [6, 6.07) is 14.3. The standard InChI is InChI=1S/C20H21BrN4O2/c1-12-19-16-8-5-14(21)11-17(16)18(9-10-25(19)24-23-12)22-15-6-3-13(4-7-15)20(26)27-2/h3-8,11-12,18-19,22H,9-10H2,1-2H3. The van der Waals surface area contributed by atoms with Gasteiger partial charge in [0.2, 0.25) is 0 Å². The quantitative estimate of drug-likeness (QED) is 0.705. The highest BCUT2D eigenvalue weighted by Crippen LogP contribution is 2.41. The smallest absolute Gasteiger partial charge is 0.337 e. The van der Waals surface area contributed by atoms with E-state index in [0.717, 1.165) is 23.1 Å². The summed E-state index contributed by atoms with van der Waals surface area (Å²) in [7, 11) is 1.39. The van der Waals surface area contributed by atoms with Gasteiger partial charge in [-0.3, -0.25) is 5.01 Å². The Morgan fingerprint density at radius 3 is 2.74 bits per heavy atom. The Morgan fingerprint density at radius 2 is 2.00 bits per heavy atom. The molecule has 0 aromatic heterocycles. The van der Waals surface area contributed by atoms with Crippen LogP contribution in [0.1, 0.15) is 46.9 Å². The number of ether oxygens (including phenoxy) is 1. The molecule has 140 valence electrons. The first kappa shape index (κ1) is 18.0. The number of hydrogen-bond donors (Lipinski definition) is 1. The fourth-order valence-electron chi connectivity index (χ4n) is 3.82. The van der Waals surface area contributed by atoms with Crippen molar-refractivity contribution < 1.29 is 9.53 Å². The molecular formula is C20H21BrN4O2. The molecule has 0 aliphatic carbocycles. The third-order valence-corrected chi connectivity index (χ3v) is 5.66. The van der Waals surface area contributed by atoms with Crippen molar-refractivity contribution >= 4 is 27.6 Å². The summed E-state index contributed by atoms with van der Waals surface area (Å²) in [6.45, 7) is 2.95. The maximum absolute atomic E-state index is 11.6. The van der Waals surface area contributed by atoms with Crippen molar-refractivity contribution in [3.05, 3.63) is 63.6 Å². The van der Waals surface area contributed by atoms with Crippen LogP contribution in [0.15, 0.2) is 57.3 Å². The molecule has 2 aliphatic heterocycles. The minimum atomic E-state index is -0.328. The third-order valence-electron chi connectivity index (χ3n) is 5.16. The number of rotatable bonds is 3. The number of fused-ring (bicyclic) bond motifs is 3. The molecule has 27 heavy (non-hydrogen) atoms. The average molecular weight is 429 g/mol. The molecule has 2 aliphatic rings. The van der Waals surface area contributed by atoms with Gasteiger partial charge < -0.3 is 10.1 Å². The third kappa shape index (κ3) is 3.43. The number of benzene rings is 2. The molecule has 0 saturated heterocycles. The van der Waals surface area contributed by atoms with Crippen LogP contribution in [-0.4, -0.2) is 30.7 Å². The summed E-state index contributed by atoms with van der Waals surface area (Å²) < 4.78 is 5.82. The van der Waals surface area contributed by atoms with E-state index in [0.29, 0.717) is 5.56 Å². The lowest BCUT2D eigenvalue weighted by Crippen LogP contribution is -2.25. The van der Waals surface area contributed by atoms with E-state index in [1.54, 1.807) is 12.1 Å². The minimum absolute atomic E-state index is 0.142. The summed E-state index contributed by atoms with van der Waals surface area (Å²) >= 11 is 3.61. The van der Waals surface area contributed by atoms with Crippen LogP contribution in [0.25, 0.3) is 0 Å². The zero-order chi connectivity index (χ0) is 19.0. The zero-order valence-corrected chi connectivity index (χ0v) is 16.8. The monoisotopic (exact) mass is 428 g/mol. The molecule has 2 heterocycles. The summed E-state index contributed by atoms with van der Waals surface area (Å²) in [5.74, 6) is -0.328. The number of methoxy groups -OCH3 is 1. The SMILES string of the molecule is COC(=O)c1ccc(NC2CCN3N=NC(C)C3c3ccc(Br)cc32)cc1. The summed E-state index contributed by atoms with van der Waals surface area (Å²) in [4.78, 5) is 11.6. The van der Waals surface area contributed by atoms with Crippen molar-refractivity contribution in [1.82, 2.24) is 5.01 Å². The summed E-state index contributed by atoms with van der Waals surface area (Å²) in [5, 5.41) is 14.4. The molecule has 3 atom stereocenters. The highest BCUT2D eigenvalue weighted by Gasteiger charge is 2.36. The maximum Gasteiger partial charge on any atom is 0.337 e. The number of hydrogen-bond acceptors (Lipinski definition) is 6. The fraction of sp³-hybridized carbons (Fsp3) is 0.350. The van der Waals surface area contributed by atoms with Crippen LogP contribution in [0.4, 0.5) is 5.69 Å². The Kier molecular flexibility index (Phi) is 4.86. The maximum atomic E-state index is 11.6. The molecular weight excluding hydrogens is 408 g/mol. The summed E-state index contributed by atoms with van der Waals surface area (Å²) in [6.07, 6.45) is 0.907. The first-order valence-electron chi connectivity index (χ1n) is 8.98. The molecule has 3 unspecified atom stereocenters. The van der Waals surface area contributed by atoms with Crippen LogP contribution < -0.4 is 5.32 Å². The van der Waals surface area contributed by atoms with Crippen LogP contribution in [0, 0.1) is 0 Å². The molecule has 0 saturated carbocycles. The van der Waals surface area contributed by atoms with Gasteiger partial charge in [0.05, 0.1) is 30.8 Å². The zero-order valence-electron chi connectivity index (χ0n) is 15.2. The molecule has 0 spiro atoms. The van der Waals surface area contributed by atoms with Crippen molar-refractivity contribution in [3.8, 4) is 0 Å². The van der Waals surface area contributed by atoms with E-state index in [1.807, 2.05) is 12.1 Å². The van der Waals surface area contributed by atoms with Crippen molar-refractivity contribution in [1.29, 1.82) is 0 Å². The molecule has 0 bridgehead atoms. The molecule has 2 aromatic rings. The largest absolute Gasteiger partial charge is 0.465 e. The number of nitrogens with zero attached hydrogens (tertiary/aromatic N) is 3. The van der Waals surface area contributed by atoms with Crippen molar-refractivity contribution in [2.75, 3.05) is 19.0 Å². The van der Waals surface area contributed by atoms with E-state index in [9.17, 15) is 4.79 Å². The molecule has 0 amide bonds. The second kappa shape index (κ2) is 7.31.